The molecule has 0 radical (unpaired) electrons. The molecule has 44 heavy (non-hydrogen) atoms. The van der Waals surface area contributed by atoms with Crippen molar-refractivity contribution in [3.05, 3.63) is 88.4 Å². The van der Waals surface area contributed by atoms with E-state index in [0.29, 0.717) is 6.42 Å². The van der Waals surface area contributed by atoms with Crippen LogP contribution in [-0.4, -0.2) is 50.9 Å². The topological polar surface area (TPSA) is 96.0 Å². The molecule has 0 heterocycles. The van der Waals surface area contributed by atoms with Gasteiger partial charge in [0, 0.05) is 17.6 Å². The Morgan fingerprint density at radius 1 is 0.955 bits per heavy atom. The van der Waals surface area contributed by atoms with Crippen LogP contribution in [0.4, 0.5) is 5.69 Å². The van der Waals surface area contributed by atoms with E-state index in [2.05, 4.69) is 5.32 Å². The first kappa shape index (κ1) is 33.3. The molecule has 1 atom stereocenters. The van der Waals surface area contributed by atoms with Gasteiger partial charge in [0.2, 0.25) is 11.8 Å². The van der Waals surface area contributed by atoms with Gasteiger partial charge in [-0.2, -0.15) is 0 Å². The number of methoxy groups -OCH3 is 1. The summed E-state index contributed by atoms with van der Waals surface area (Å²) < 4.78 is 34.9. The fraction of sp³-hybridized carbons (Fsp3) is 0.412. The Morgan fingerprint density at radius 2 is 1.57 bits per heavy atom. The lowest BCUT2D eigenvalue weighted by atomic mass is 9.95. The van der Waals surface area contributed by atoms with E-state index in [-0.39, 0.29) is 39.8 Å². The summed E-state index contributed by atoms with van der Waals surface area (Å²) in [6, 6.07) is 18.1. The molecule has 1 aliphatic rings. The summed E-state index contributed by atoms with van der Waals surface area (Å²) in [4.78, 5) is 29.6. The summed E-state index contributed by atoms with van der Waals surface area (Å²) in [6.07, 6.45) is 5.44. The SMILES string of the molecule is CC[C@H](C(=O)NC1CCCCC1)N(Cc1ccc(C)cc1)C(=O)CN(c1cc(Cl)ccc1OC)S(=O)(=O)c1ccc(C)cc1. The van der Waals surface area contributed by atoms with Crippen LogP contribution in [-0.2, 0) is 26.2 Å². The summed E-state index contributed by atoms with van der Waals surface area (Å²) in [7, 11) is -2.83. The number of nitrogens with one attached hydrogen (secondary N) is 1. The third-order valence-electron chi connectivity index (χ3n) is 8.11. The molecular formula is C34H42ClN3O5S. The highest BCUT2D eigenvalue weighted by Gasteiger charge is 2.35. The van der Waals surface area contributed by atoms with E-state index >= 15 is 0 Å². The van der Waals surface area contributed by atoms with Gasteiger partial charge < -0.3 is 15.0 Å². The van der Waals surface area contributed by atoms with E-state index in [1.807, 2.05) is 45.0 Å². The van der Waals surface area contributed by atoms with Crippen LogP contribution in [0.5, 0.6) is 5.75 Å². The Labute approximate surface area is 266 Å². The van der Waals surface area contributed by atoms with Crippen molar-refractivity contribution in [1.82, 2.24) is 10.2 Å². The normalized spacial score (nSPS) is 14.5. The van der Waals surface area contributed by atoms with Crippen LogP contribution in [0.1, 0.15) is 62.1 Å². The van der Waals surface area contributed by atoms with E-state index < -0.39 is 28.5 Å². The van der Waals surface area contributed by atoms with Crippen molar-refractivity contribution in [2.45, 2.75) is 82.8 Å². The second kappa shape index (κ2) is 14.9. The largest absolute Gasteiger partial charge is 0.495 e. The van der Waals surface area contributed by atoms with Gasteiger partial charge in [0.05, 0.1) is 17.7 Å². The third kappa shape index (κ3) is 8.12. The number of hydrogen-bond acceptors (Lipinski definition) is 5. The Kier molecular flexibility index (Phi) is 11.3. The number of benzene rings is 3. The maximum atomic E-state index is 14.4. The third-order valence-corrected chi connectivity index (χ3v) is 10.1. The molecular weight excluding hydrogens is 598 g/mol. The van der Waals surface area contributed by atoms with Gasteiger partial charge in [0.15, 0.2) is 0 Å². The van der Waals surface area contributed by atoms with Crippen LogP contribution in [0.25, 0.3) is 0 Å². The summed E-state index contributed by atoms with van der Waals surface area (Å²) in [5.41, 5.74) is 2.92. The first-order valence-corrected chi connectivity index (χ1v) is 16.9. The Bertz CT molecular complexity index is 1540. The molecule has 3 aromatic carbocycles. The van der Waals surface area contributed by atoms with Crippen molar-refractivity contribution < 1.29 is 22.7 Å². The van der Waals surface area contributed by atoms with Gasteiger partial charge in [0.25, 0.3) is 10.0 Å². The second-order valence-electron chi connectivity index (χ2n) is 11.4. The predicted molar refractivity (Wildman–Crippen MR) is 175 cm³/mol. The van der Waals surface area contributed by atoms with Gasteiger partial charge in [-0.1, -0.05) is 85.3 Å². The minimum absolute atomic E-state index is 0.0186. The number of nitrogens with zero attached hydrogens (tertiary/aromatic N) is 2. The van der Waals surface area contributed by atoms with Gasteiger partial charge in [-0.25, -0.2) is 8.42 Å². The zero-order chi connectivity index (χ0) is 31.9. The van der Waals surface area contributed by atoms with Crippen molar-refractivity contribution in [3.8, 4) is 5.75 Å². The molecule has 0 aliphatic heterocycles. The molecule has 0 spiro atoms. The van der Waals surface area contributed by atoms with Gasteiger partial charge in [-0.15, -0.1) is 0 Å². The Balaban J connectivity index is 1.75. The molecule has 0 bridgehead atoms. The lowest BCUT2D eigenvalue weighted by Crippen LogP contribution is -2.54. The Morgan fingerprint density at radius 3 is 2.16 bits per heavy atom. The maximum Gasteiger partial charge on any atom is 0.264 e. The smallest absolute Gasteiger partial charge is 0.264 e. The first-order valence-electron chi connectivity index (χ1n) is 15.1. The van der Waals surface area contributed by atoms with E-state index in [4.69, 9.17) is 16.3 Å². The maximum absolute atomic E-state index is 14.4. The van der Waals surface area contributed by atoms with E-state index in [9.17, 15) is 18.0 Å². The minimum atomic E-state index is -4.26. The second-order valence-corrected chi connectivity index (χ2v) is 13.7. The highest BCUT2D eigenvalue weighted by Crippen LogP contribution is 2.35. The van der Waals surface area contributed by atoms with E-state index in [1.54, 1.807) is 24.3 Å². The lowest BCUT2D eigenvalue weighted by Gasteiger charge is -2.34. The zero-order valence-electron chi connectivity index (χ0n) is 25.9. The number of halogens is 1. The Hall–Kier alpha value is -3.56. The molecule has 0 aromatic heterocycles. The lowest BCUT2D eigenvalue weighted by molar-refractivity contribution is -0.140. The zero-order valence-corrected chi connectivity index (χ0v) is 27.5. The molecule has 8 nitrogen and oxygen atoms in total. The number of carbonyl (C=O) groups excluding carboxylic acids is 2. The number of sulfonamides is 1. The predicted octanol–water partition coefficient (Wildman–Crippen LogP) is 6.42. The number of hydrogen-bond donors (Lipinski definition) is 1. The van der Waals surface area contributed by atoms with Crippen molar-refractivity contribution >= 4 is 39.1 Å². The van der Waals surface area contributed by atoms with Crippen LogP contribution in [0.15, 0.2) is 71.6 Å². The highest BCUT2D eigenvalue weighted by molar-refractivity contribution is 7.92. The number of rotatable bonds is 12. The number of aryl methyl sites for hydroxylation is 2. The van der Waals surface area contributed by atoms with Gasteiger partial charge in [-0.05, 0) is 69.0 Å². The fourth-order valence-corrected chi connectivity index (χ4v) is 7.15. The number of anilines is 1. The van der Waals surface area contributed by atoms with Crippen LogP contribution in [0.3, 0.4) is 0 Å². The molecule has 1 aliphatic carbocycles. The first-order chi connectivity index (χ1) is 21.0. The van der Waals surface area contributed by atoms with Gasteiger partial charge in [-0.3, -0.25) is 13.9 Å². The van der Waals surface area contributed by atoms with Crippen LogP contribution in [0, 0.1) is 13.8 Å². The number of carbonyl (C=O) groups is 2. The summed E-state index contributed by atoms with van der Waals surface area (Å²) in [6.45, 7) is 5.28. The average molecular weight is 640 g/mol. The molecule has 0 saturated heterocycles. The fourth-order valence-electron chi connectivity index (χ4n) is 5.56. The molecule has 236 valence electrons. The summed E-state index contributed by atoms with van der Waals surface area (Å²) >= 11 is 6.34. The molecule has 3 aromatic rings. The van der Waals surface area contributed by atoms with Crippen molar-refractivity contribution in [2.24, 2.45) is 0 Å². The van der Waals surface area contributed by atoms with E-state index in [0.717, 1.165) is 53.1 Å². The van der Waals surface area contributed by atoms with Crippen molar-refractivity contribution in [1.29, 1.82) is 0 Å². The molecule has 2 amide bonds. The molecule has 10 heteroatoms. The molecule has 4 rings (SSSR count). The van der Waals surface area contributed by atoms with Gasteiger partial charge >= 0.3 is 0 Å². The monoisotopic (exact) mass is 639 g/mol. The standard InChI is InChI=1S/C34H42ClN3O5S/c1-5-30(34(40)36-28-9-7-6-8-10-28)37(22-26-15-11-24(2)12-16-26)33(39)23-38(31-21-27(35)17-20-32(31)43-4)44(41,42)29-18-13-25(3)14-19-29/h11-21,28,30H,5-10,22-23H2,1-4H3,(H,36,40)/t30-/m1/s1. The molecule has 0 unspecified atom stereocenters. The summed E-state index contributed by atoms with van der Waals surface area (Å²) in [5, 5.41) is 3.45. The van der Waals surface area contributed by atoms with Crippen LogP contribution < -0.4 is 14.4 Å². The van der Waals surface area contributed by atoms with Crippen LogP contribution in [0.2, 0.25) is 5.02 Å². The average Bonchev–Trinajstić information content (AvgIpc) is 3.01. The number of ether oxygens (including phenoxy) is 1. The van der Waals surface area contributed by atoms with Crippen LogP contribution >= 0.6 is 11.6 Å². The minimum Gasteiger partial charge on any atom is -0.495 e. The highest BCUT2D eigenvalue weighted by atomic mass is 35.5. The van der Waals surface area contributed by atoms with Gasteiger partial charge in [0.1, 0.15) is 18.3 Å². The summed E-state index contributed by atoms with van der Waals surface area (Å²) in [5.74, 6) is -0.507. The van der Waals surface area contributed by atoms with E-state index in [1.165, 1.54) is 30.2 Å². The quantitative estimate of drug-likeness (QED) is 0.247. The molecule has 1 fully saturated rings. The molecule has 1 N–H and O–H groups in total. The number of amides is 2. The van der Waals surface area contributed by atoms with Crippen molar-refractivity contribution in [2.75, 3.05) is 18.0 Å². The molecule has 1 saturated carbocycles. The van der Waals surface area contributed by atoms with Crippen molar-refractivity contribution in [3.63, 3.8) is 0 Å².